The van der Waals surface area contributed by atoms with Crippen LogP contribution < -0.4 is 5.32 Å². The monoisotopic (exact) mass is 323 g/mol. The Balaban J connectivity index is 1.61. The average molecular weight is 323 g/mol. The van der Waals surface area contributed by atoms with Gasteiger partial charge in [0, 0.05) is 24.0 Å². The first kappa shape index (κ1) is 16.0. The topological polar surface area (TPSA) is 75.6 Å². The molecule has 0 unspecified atom stereocenters. The fourth-order valence-electron chi connectivity index (χ4n) is 2.74. The molecule has 1 amide bonds. The summed E-state index contributed by atoms with van der Waals surface area (Å²) in [6, 6.07) is 11.5. The second kappa shape index (κ2) is 6.70. The fourth-order valence-corrected chi connectivity index (χ4v) is 2.74. The van der Waals surface area contributed by atoms with Gasteiger partial charge in [0.15, 0.2) is 0 Å². The number of aromatic nitrogens is 4. The Morgan fingerprint density at radius 3 is 2.58 bits per heavy atom. The van der Waals surface area contributed by atoms with Crippen molar-refractivity contribution in [1.29, 1.82) is 0 Å². The van der Waals surface area contributed by atoms with Crippen LogP contribution in [0, 0.1) is 13.8 Å². The molecular formula is C18H21N5O. The van der Waals surface area contributed by atoms with Gasteiger partial charge in [-0.3, -0.25) is 14.6 Å². The first-order chi connectivity index (χ1) is 11.5. The molecule has 0 fully saturated rings. The predicted octanol–water partition coefficient (Wildman–Crippen LogP) is 2.88. The predicted molar refractivity (Wildman–Crippen MR) is 92.8 cm³/mol. The minimum Gasteiger partial charge on any atom is -0.350 e. The van der Waals surface area contributed by atoms with E-state index in [1.807, 2.05) is 61.9 Å². The SMILES string of the molecule is Cc1cc(C)n([C@@H](C)CNC(=O)c2ccc(-c3ccn[nH]3)cc2)n1. The van der Waals surface area contributed by atoms with Crippen LogP contribution in [0.15, 0.2) is 42.6 Å². The van der Waals surface area contributed by atoms with Crippen LogP contribution in [0.2, 0.25) is 0 Å². The lowest BCUT2D eigenvalue weighted by molar-refractivity contribution is 0.0947. The van der Waals surface area contributed by atoms with Gasteiger partial charge in [-0.15, -0.1) is 0 Å². The Labute approximate surface area is 140 Å². The summed E-state index contributed by atoms with van der Waals surface area (Å²) in [5.74, 6) is -0.0838. The molecule has 0 spiro atoms. The smallest absolute Gasteiger partial charge is 0.251 e. The zero-order chi connectivity index (χ0) is 17.1. The van der Waals surface area contributed by atoms with Gasteiger partial charge in [-0.1, -0.05) is 12.1 Å². The standard InChI is InChI=1S/C18H21N5O/c1-12-10-13(2)23(22-12)14(3)11-19-18(24)16-6-4-15(5-7-16)17-8-9-20-21-17/h4-10,14H,11H2,1-3H3,(H,19,24)(H,20,21)/t14-/m0/s1. The largest absolute Gasteiger partial charge is 0.350 e. The van der Waals surface area contributed by atoms with Crippen molar-refractivity contribution in [2.24, 2.45) is 0 Å². The number of nitrogens with zero attached hydrogens (tertiary/aromatic N) is 3. The van der Waals surface area contributed by atoms with Crippen LogP contribution in [-0.2, 0) is 0 Å². The van der Waals surface area contributed by atoms with E-state index >= 15 is 0 Å². The zero-order valence-electron chi connectivity index (χ0n) is 14.1. The molecule has 6 heteroatoms. The highest BCUT2D eigenvalue weighted by Crippen LogP contribution is 2.16. The van der Waals surface area contributed by atoms with Crippen molar-refractivity contribution in [1.82, 2.24) is 25.3 Å². The summed E-state index contributed by atoms with van der Waals surface area (Å²) >= 11 is 0. The van der Waals surface area contributed by atoms with E-state index in [4.69, 9.17) is 0 Å². The molecule has 1 aromatic carbocycles. The minimum absolute atomic E-state index is 0.0838. The summed E-state index contributed by atoms with van der Waals surface area (Å²) < 4.78 is 1.94. The molecule has 0 radical (unpaired) electrons. The Morgan fingerprint density at radius 1 is 1.25 bits per heavy atom. The molecule has 6 nitrogen and oxygen atoms in total. The van der Waals surface area contributed by atoms with Crippen LogP contribution in [-0.4, -0.2) is 32.4 Å². The summed E-state index contributed by atoms with van der Waals surface area (Å²) in [5, 5.41) is 14.3. The number of H-pyrrole nitrogens is 1. The van der Waals surface area contributed by atoms with Gasteiger partial charge in [-0.05, 0) is 50.6 Å². The van der Waals surface area contributed by atoms with Crippen LogP contribution in [0.3, 0.4) is 0 Å². The molecule has 0 aliphatic heterocycles. The Bertz CT molecular complexity index is 818. The number of rotatable bonds is 5. The van der Waals surface area contributed by atoms with E-state index in [0.29, 0.717) is 12.1 Å². The molecule has 0 aliphatic carbocycles. The van der Waals surface area contributed by atoms with Crippen molar-refractivity contribution >= 4 is 5.91 Å². The van der Waals surface area contributed by atoms with Gasteiger partial charge in [0.25, 0.3) is 5.91 Å². The number of aryl methyl sites for hydroxylation is 2. The van der Waals surface area contributed by atoms with Crippen molar-refractivity contribution in [3.05, 3.63) is 59.5 Å². The first-order valence-electron chi connectivity index (χ1n) is 7.95. The molecule has 0 saturated heterocycles. The second-order valence-corrected chi connectivity index (χ2v) is 5.98. The summed E-state index contributed by atoms with van der Waals surface area (Å²) in [6.07, 6.45) is 1.70. The maximum Gasteiger partial charge on any atom is 0.251 e. The van der Waals surface area contributed by atoms with E-state index in [2.05, 4.69) is 20.6 Å². The van der Waals surface area contributed by atoms with E-state index in [0.717, 1.165) is 22.6 Å². The molecule has 3 rings (SSSR count). The molecule has 0 bridgehead atoms. The summed E-state index contributed by atoms with van der Waals surface area (Å²) in [5.41, 5.74) is 4.65. The zero-order valence-corrected chi connectivity index (χ0v) is 14.1. The third-order valence-corrected chi connectivity index (χ3v) is 3.98. The quantitative estimate of drug-likeness (QED) is 0.758. The molecule has 1 atom stereocenters. The molecule has 124 valence electrons. The van der Waals surface area contributed by atoms with Gasteiger partial charge in [0.1, 0.15) is 0 Å². The molecule has 2 heterocycles. The molecule has 0 saturated carbocycles. The van der Waals surface area contributed by atoms with E-state index < -0.39 is 0 Å². The molecule has 3 aromatic rings. The highest BCUT2D eigenvalue weighted by molar-refractivity contribution is 5.94. The summed E-state index contributed by atoms with van der Waals surface area (Å²) in [7, 11) is 0. The lowest BCUT2D eigenvalue weighted by Crippen LogP contribution is -2.30. The molecule has 2 aromatic heterocycles. The number of aromatic amines is 1. The lowest BCUT2D eigenvalue weighted by atomic mass is 10.1. The molecule has 0 aliphatic rings. The Morgan fingerprint density at radius 2 is 2.00 bits per heavy atom. The number of hydrogen-bond donors (Lipinski definition) is 2. The average Bonchev–Trinajstić information content (AvgIpc) is 3.22. The number of amides is 1. The third kappa shape index (κ3) is 3.37. The normalized spacial score (nSPS) is 12.1. The summed E-state index contributed by atoms with van der Waals surface area (Å²) in [4.78, 5) is 12.3. The van der Waals surface area contributed by atoms with Crippen LogP contribution in [0.4, 0.5) is 0 Å². The van der Waals surface area contributed by atoms with Crippen LogP contribution >= 0.6 is 0 Å². The lowest BCUT2D eigenvalue weighted by Gasteiger charge is -2.15. The van der Waals surface area contributed by atoms with Crippen molar-refractivity contribution in [2.45, 2.75) is 26.8 Å². The van der Waals surface area contributed by atoms with Gasteiger partial charge < -0.3 is 5.32 Å². The maximum atomic E-state index is 12.3. The number of nitrogens with one attached hydrogen (secondary N) is 2. The number of hydrogen-bond acceptors (Lipinski definition) is 3. The Hall–Kier alpha value is -2.89. The van der Waals surface area contributed by atoms with E-state index in [1.54, 1.807) is 6.20 Å². The Kier molecular flexibility index (Phi) is 4.46. The number of carbonyl (C=O) groups excluding carboxylic acids is 1. The molecular weight excluding hydrogens is 302 g/mol. The van der Waals surface area contributed by atoms with Gasteiger partial charge >= 0.3 is 0 Å². The second-order valence-electron chi connectivity index (χ2n) is 5.98. The van der Waals surface area contributed by atoms with Crippen molar-refractivity contribution < 1.29 is 4.79 Å². The highest BCUT2D eigenvalue weighted by atomic mass is 16.1. The van der Waals surface area contributed by atoms with E-state index in [9.17, 15) is 4.79 Å². The molecule has 24 heavy (non-hydrogen) atoms. The number of carbonyl (C=O) groups is 1. The van der Waals surface area contributed by atoms with Crippen molar-refractivity contribution in [3.63, 3.8) is 0 Å². The summed E-state index contributed by atoms with van der Waals surface area (Å²) in [6.45, 7) is 6.56. The number of benzene rings is 1. The maximum absolute atomic E-state index is 12.3. The van der Waals surface area contributed by atoms with Gasteiger partial charge in [-0.25, -0.2) is 0 Å². The van der Waals surface area contributed by atoms with Crippen molar-refractivity contribution in [3.8, 4) is 11.3 Å². The highest BCUT2D eigenvalue weighted by Gasteiger charge is 2.12. The van der Waals surface area contributed by atoms with E-state index in [-0.39, 0.29) is 11.9 Å². The first-order valence-corrected chi connectivity index (χ1v) is 7.95. The van der Waals surface area contributed by atoms with Crippen molar-refractivity contribution in [2.75, 3.05) is 6.54 Å². The van der Waals surface area contributed by atoms with Gasteiger partial charge in [0.05, 0.1) is 17.4 Å². The van der Waals surface area contributed by atoms with Gasteiger partial charge in [0.2, 0.25) is 0 Å². The minimum atomic E-state index is -0.0838. The third-order valence-electron chi connectivity index (χ3n) is 3.98. The fraction of sp³-hybridized carbons (Fsp3) is 0.278. The molecule has 2 N–H and O–H groups in total. The van der Waals surface area contributed by atoms with Gasteiger partial charge in [-0.2, -0.15) is 10.2 Å². The van der Waals surface area contributed by atoms with Crippen LogP contribution in [0.1, 0.15) is 34.7 Å². The van der Waals surface area contributed by atoms with E-state index in [1.165, 1.54) is 0 Å². The van der Waals surface area contributed by atoms with Crippen LogP contribution in [0.25, 0.3) is 11.3 Å². The van der Waals surface area contributed by atoms with Crippen LogP contribution in [0.5, 0.6) is 0 Å².